The number of carbonyl (C=O) groups excluding carboxylic acids is 1. The van der Waals surface area contributed by atoms with Crippen LogP contribution in [0, 0.1) is 5.82 Å². The number of fused-ring (bicyclic) bond motifs is 1. The summed E-state index contributed by atoms with van der Waals surface area (Å²) in [7, 11) is 1.58. The fourth-order valence-corrected chi connectivity index (χ4v) is 2.82. The Hall–Kier alpha value is -2.52. The molecule has 25 heavy (non-hydrogen) atoms. The van der Waals surface area contributed by atoms with E-state index in [0.717, 1.165) is 5.56 Å². The summed E-state index contributed by atoms with van der Waals surface area (Å²) in [5, 5.41) is 15.8. The summed E-state index contributed by atoms with van der Waals surface area (Å²) in [4.78, 5) is 11.8. The van der Waals surface area contributed by atoms with Crippen LogP contribution in [0.4, 0.5) is 4.39 Å². The van der Waals surface area contributed by atoms with Gasteiger partial charge in [-0.15, -0.1) is 10.2 Å². The van der Waals surface area contributed by atoms with Gasteiger partial charge in [-0.25, -0.2) is 4.39 Å². The summed E-state index contributed by atoms with van der Waals surface area (Å²) in [5.41, 5.74) is 2.03. The van der Waals surface area contributed by atoms with E-state index in [1.165, 1.54) is 23.9 Å². The first-order valence-electron chi connectivity index (χ1n) is 7.54. The molecule has 2 aromatic heterocycles. The number of ether oxygens (including phenoxy) is 1. The number of nitrogens with zero attached hydrogens (tertiary/aromatic N) is 4. The van der Waals surface area contributed by atoms with Crippen LogP contribution in [-0.2, 0) is 9.53 Å². The molecule has 0 saturated heterocycles. The van der Waals surface area contributed by atoms with Gasteiger partial charge in [-0.3, -0.25) is 4.79 Å². The van der Waals surface area contributed by atoms with Gasteiger partial charge in [0.1, 0.15) is 5.82 Å². The molecule has 0 saturated carbocycles. The van der Waals surface area contributed by atoms with Gasteiger partial charge in [-0.2, -0.15) is 9.61 Å². The largest absolute Gasteiger partial charge is 0.383 e. The molecule has 0 spiro atoms. The van der Waals surface area contributed by atoms with Crippen LogP contribution in [0.3, 0.4) is 0 Å². The molecule has 3 rings (SSSR count). The van der Waals surface area contributed by atoms with Crippen molar-refractivity contribution in [1.82, 2.24) is 25.1 Å². The van der Waals surface area contributed by atoms with E-state index < -0.39 is 0 Å². The molecule has 1 amide bonds. The Labute approximate surface area is 147 Å². The average Bonchev–Trinajstić information content (AvgIpc) is 3.03. The first kappa shape index (κ1) is 17.3. The standard InChI is InChI=1S/C16H16FN5O2S/c1-24-9-8-18-15(23)10-25-16-20-19-14-7-6-13(21-22(14)16)11-2-4-12(17)5-3-11/h2-7H,8-10H2,1H3,(H,18,23). The van der Waals surface area contributed by atoms with Gasteiger partial charge in [-0.1, -0.05) is 11.8 Å². The maximum absolute atomic E-state index is 13.1. The molecule has 7 nitrogen and oxygen atoms in total. The Kier molecular flexibility index (Phi) is 5.56. The second-order valence-corrected chi connectivity index (χ2v) is 6.05. The van der Waals surface area contributed by atoms with Crippen LogP contribution >= 0.6 is 11.8 Å². The van der Waals surface area contributed by atoms with Crippen molar-refractivity contribution in [2.24, 2.45) is 0 Å². The second-order valence-electron chi connectivity index (χ2n) is 5.11. The van der Waals surface area contributed by atoms with Crippen molar-refractivity contribution in [1.29, 1.82) is 0 Å². The highest BCUT2D eigenvalue weighted by atomic mass is 32.2. The highest BCUT2D eigenvalue weighted by molar-refractivity contribution is 7.99. The van der Waals surface area contributed by atoms with Crippen LogP contribution in [0.1, 0.15) is 0 Å². The zero-order valence-electron chi connectivity index (χ0n) is 13.5. The van der Waals surface area contributed by atoms with Crippen LogP contribution in [0.15, 0.2) is 41.6 Å². The second kappa shape index (κ2) is 8.04. The maximum atomic E-state index is 13.1. The average molecular weight is 361 g/mol. The summed E-state index contributed by atoms with van der Waals surface area (Å²) >= 11 is 1.24. The topological polar surface area (TPSA) is 81.4 Å². The first-order valence-corrected chi connectivity index (χ1v) is 8.53. The van der Waals surface area contributed by atoms with E-state index in [-0.39, 0.29) is 17.5 Å². The SMILES string of the molecule is COCCNC(=O)CSc1nnc2ccc(-c3ccc(F)cc3)nn12. The van der Waals surface area contributed by atoms with Crippen molar-refractivity contribution >= 4 is 23.3 Å². The van der Waals surface area contributed by atoms with E-state index in [4.69, 9.17) is 4.74 Å². The molecule has 0 radical (unpaired) electrons. The molecule has 0 aliphatic heterocycles. The van der Waals surface area contributed by atoms with Gasteiger partial charge in [0.25, 0.3) is 0 Å². The van der Waals surface area contributed by atoms with Crippen LogP contribution in [0.5, 0.6) is 0 Å². The number of methoxy groups -OCH3 is 1. The van der Waals surface area contributed by atoms with Gasteiger partial charge in [0, 0.05) is 19.2 Å². The van der Waals surface area contributed by atoms with Gasteiger partial charge >= 0.3 is 0 Å². The lowest BCUT2D eigenvalue weighted by molar-refractivity contribution is -0.118. The minimum Gasteiger partial charge on any atom is -0.383 e. The number of nitrogens with one attached hydrogen (secondary N) is 1. The molecule has 130 valence electrons. The van der Waals surface area contributed by atoms with E-state index in [9.17, 15) is 9.18 Å². The summed E-state index contributed by atoms with van der Waals surface area (Å²) in [6.45, 7) is 0.927. The number of hydrogen-bond acceptors (Lipinski definition) is 6. The van der Waals surface area contributed by atoms with Crippen LogP contribution in [-0.4, -0.2) is 51.7 Å². The summed E-state index contributed by atoms with van der Waals surface area (Å²) < 4.78 is 19.5. The fraction of sp³-hybridized carbons (Fsp3) is 0.250. The third-order valence-corrected chi connectivity index (χ3v) is 4.25. The number of amides is 1. The number of carbonyl (C=O) groups is 1. The third kappa shape index (κ3) is 4.31. The number of halogens is 1. The quantitative estimate of drug-likeness (QED) is 0.510. The minimum absolute atomic E-state index is 0.117. The molecular formula is C16H16FN5O2S. The monoisotopic (exact) mass is 361 g/mol. The Morgan fingerprint density at radius 1 is 1.24 bits per heavy atom. The summed E-state index contributed by atoms with van der Waals surface area (Å²) in [6, 6.07) is 9.65. The van der Waals surface area contributed by atoms with Crippen molar-refractivity contribution in [3.05, 3.63) is 42.2 Å². The fourth-order valence-electron chi connectivity index (χ4n) is 2.11. The first-order chi connectivity index (χ1) is 12.2. The Morgan fingerprint density at radius 2 is 2.04 bits per heavy atom. The molecule has 2 heterocycles. The third-order valence-electron chi connectivity index (χ3n) is 3.33. The molecule has 1 N–H and O–H groups in total. The molecule has 9 heteroatoms. The van der Waals surface area contributed by atoms with Crippen molar-refractivity contribution < 1.29 is 13.9 Å². The van der Waals surface area contributed by atoms with Crippen LogP contribution in [0.2, 0.25) is 0 Å². The molecule has 0 aliphatic carbocycles. The van der Waals surface area contributed by atoms with Crippen LogP contribution < -0.4 is 5.32 Å². The lowest BCUT2D eigenvalue weighted by Crippen LogP contribution is -2.28. The number of benzene rings is 1. The van der Waals surface area contributed by atoms with Gasteiger partial charge < -0.3 is 10.1 Å². The molecule has 0 unspecified atom stereocenters. The van der Waals surface area contributed by atoms with E-state index in [1.807, 2.05) is 0 Å². The summed E-state index contributed by atoms with van der Waals surface area (Å²) in [5.74, 6) is -0.217. The lowest BCUT2D eigenvalue weighted by atomic mass is 10.1. The van der Waals surface area contributed by atoms with E-state index in [2.05, 4.69) is 20.6 Å². The number of hydrogen-bond donors (Lipinski definition) is 1. The Bertz CT molecular complexity index is 869. The van der Waals surface area contributed by atoms with Crippen molar-refractivity contribution in [2.45, 2.75) is 5.16 Å². The van der Waals surface area contributed by atoms with E-state index in [0.29, 0.717) is 29.6 Å². The highest BCUT2D eigenvalue weighted by Gasteiger charge is 2.11. The molecule has 3 aromatic rings. The zero-order chi connectivity index (χ0) is 17.6. The predicted molar refractivity (Wildman–Crippen MR) is 91.8 cm³/mol. The van der Waals surface area contributed by atoms with Gasteiger partial charge in [-0.05, 0) is 36.4 Å². The smallest absolute Gasteiger partial charge is 0.230 e. The molecule has 0 fully saturated rings. The maximum Gasteiger partial charge on any atom is 0.230 e. The number of aromatic nitrogens is 4. The van der Waals surface area contributed by atoms with E-state index >= 15 is 0 Å². The van der Waals surface area contributed by atoms with Crippen molar-refractivity contribution in [3.8, 4) is 11.3 Å². The minimum atomic E-state index is -0.301. The number of thioether (sulfide) groups is 1. The van der Waals surface area contributed by atoms with Crippen molar-refractivity contribution in [2.75, 3.05) is 26.0 Å². The highest BCUT2D eigenvalue weighted by Crippen LogP contribution is 2.20. The Morgan fingerprint density at radius 3 is 2.80 bits per heavy atom. The van der Waals surface area contributed by atoms with Gasteiger partial charge in [0.05, 0.1) is 18.1 Å². The van der Waals surface area contributed by atoms with Gasteiger partial charge in [0.2, 0.25) is 11.1 Å². The Balaban J connectivity index is 1.74. The summed E-state index contributed by atoms with van der Waals surface area (Å²) in [6.07, 6.45) is 0. The zero-order valence-corrected chi connectivity index (χ0v) is 14.3. The number of rotatable bonds is 7. The van der Waals surface area contributed by atoms with Gasteiger partial charge in [0.15, 0.2) is 5.65 Å². The molecule has 0 atom stereocenters. The van der Waals surface area contributed by atoms with E-state index in [1.54, 1.807) is 35.9 Å². The molecule has 1 aromatic carbocycles. The van der Waals surface area contributed by atoms with Crippen LogP contribution in [0.25, 0.3) is 16.9 Å². The molecule has 0 aliphatic rings. The van der Waals surface area contributed by atoms with Crippen molar-refractivity contribution in [3.63, 3.8) is 0 Å². The molecule has 0 bridgehead atoms. The normalized spacial score (nSPS) is 11.0. The predicted octanol–water partition coefficient (Wildman–Crippen LogP) is 1.79. The molecular weight excluding hydrogens is 345 g/mol. The lowest BCUT2D eigenvalue weighted by Gasteiger charge is -2.04.